The second-order valence-electron chi connectivity index (χ2n) is 14.9. The van der Waals surface area contributed by atoms with Crippen LogP contribution in [0, 0.1) is 6.92 Å². The van der Waals surface area contributed by atoms with Gasteiger partial charge >= 0.3 is 0 Å². The third-order valence-corrected chi connectivity index (χ3v) is 11.7. The number of rotatable bonds is 6. The minimum Gasteiger partial charge on any atom is -0.456 e. The Balaban J connectivity index is 1.20. The Hall–Kier alpha value is -7.10. The molecule has 0 radical (unpaired) electrons. The minimum absolute atomic E-state index is 0.0361. The number of aryl methyl sites for hydroxylation is 1. The molecule has 0 aliphatic rings. The Labute approximate surface area is 324 Å². The predicted octanol–water partition coefficient (Wildman–Crippen LogP) is 14.3. The lowest BCUT2D eigenvalue weighted by Gasteiger charge is -2.28. The van der Waals surface area contributed by atoms with E-state index in [1.165, 1.54) is 49.0 Å². The first kappa shape index (κ1) is 32.3. The first-order valence-electron chi connectivity index (χ1n) is 19.3. The van der Waals surface area contributed by atoms with Crippen molar-refractivity contribution in [2.45, 2.75) is 19.8 Å². The van der Waals surface area contributed by atoms with Crippen LogP contribution in [0.25, 0.3) is 71.0 Å². The van der Waals surface area contributed by atoms with Crippen molar-refractivity contribution in [1.82, 2.24) is 0 Å². The lowest BCUT2D eigenvalue weighted by molar-refractivity contribution is 0.662. The fourth-order valence-electron chi connectivity index (χ4n) is 9.18. The van der Waals surface area contributed by atoms with E-state index in [0.29, 0.717) is 0 Å². The van der Waals surface area contributed by atoms with Gasteiger partial charge in [0.1, 0.15) is 16.7 Å². The summed E-state index contributed by atoms with van der Waals surface area (Å²) in [4.78, 5) is 2.37. The Morgan fingerprint density at radius 1 is 0.464 bits per heavy atom. The van der Waals surface area contributed by atoms with Crippen LogP contribution in [0.15, 0.2) is 191 Å². The second-order valence-corrected chi connectivity index (χ2v) is 14.9. The molecule has 0 aliphatic carbocycles. The maximum absolute atomic E-state index is 6.68. The summed E-state index contributed by atoms with van der Waals surface area (Å²) in [5, 5.41) is 10.7. The number of para-hydroxylation sites is 5. The van der Waals surface area contributed by atoms with Crippen molar-refractivity contribution in [3.8, 4) is 0 Å². The molecule has 11 rings (SSSR count). The molecule has 11 aromatic rings. The van der Waals surface area contributed by atoms with Gasteiger partial charge in [0.2, 0.25) is 0 Å². The summed E-state index contributed by atoms with van der Waals surface area (Å²) in [6, 6.07) is 65.1. The van der Waals surface area contributed by atoms with E-state index in [1.54, 1.807) is 0 Å². The molecule has 56 heavy (non-hydrogen) atoms. The van der Waals surface area contributed by atoms with Crippen molar-refractivity contribution in [2.24, 2.45) is 0 Å². The molecule has 3 heteroatoms. The highest BCUT2D eigenvalue weighted by Crippen LogP contribution is 2.46. The molecule has 0 saturated carbocycles. The van der Waals surface area contributed by atoms with E-state index in [4.69, 9.17) is 8.83 Å². The number of furan rings is 2. The Morgan fingerprint density at radius 2 is 1.07 bits per heavy atom. The van der Waals surface area contributed by atoms with Gasteiger partial charge in [-0.15, -0.1) is 0 Å². The maximum atomic E-state index is 6.68. The summed E-state index contributed by atoms with van der Waals surface area (Å²) in [7, 11) is 0. The summed E-state index contributed by atoms with van der Waals surface area (Å²) in [5.41, 5.74) is 11.7. The maximum Gasteiger partial charge on any atom is 0.159 e. The fourth-order valence-corrected chi connectivity index (χ4v) is 9.18. The molecule has 1 atom stereocenters. The van der Waals surface area contributed by atoms with Gasteiger partial charge in [-0.25, -0.2) is 0 Å². The van der Waals surface area contributed by atoms with Gasteiger partial charge < -0.3 is 13.7 Å². The van der Waals surface area contributed by atoms with Crippen molar-refractivity contribution in [3.63, 3.8) is 0 Å². The molecular weight excluding hydrogens is 683 g/mol. The highest BCUT2D eigenvalue weighted by Gasteiger charge is 2.25. The van der Waals surface area contributed by atoms with Crippen molar-refractivity contribution >= 4 is 88.1 Å². The average Bonchev–Trinajstić information content (AvgIpc) is 3.83. The second kappa shape index (κ2) is 12.8. The van der Waals surface area contributed by atoms with Gasteiger partial charge in [0.25, 0.3) is 0 Å². The van der Waals surface area contributed by atoms with Crippen molar-refractivity contribution in [2.75, 3.05) is 4.90 Å². The predicted molar refractivity (Wildman–Crippen MR) is 234 cm³/mol. The van der Waals surface area contributed by atoms with Crippen LogP contribution >= 0.6 is 0 Å². The van der Waals surface area contributed by atoms with Crippen molar-refractivity contribution in [1.29, 1.82) is 0 Å². The van der Waals surface area contributed by atoms with E-state index in [-0.39, 0.29) is 5.92 Å². The van der Waals surface area contributed by atoms with Crippen LogP contribution in [0.3, 0.4) is 0 Å². The van der Waals surface area contributed by atoms with E-state index >= 15 is 0 Å². The molecule has 9 aromatic carbocycles. The Kier molecular flexibility index (Phi) is 7.36. The van der Waals surface area contributed by atoms with Crippen LogP contribution in [-0.4, -0.2) is 0 Å². The summed E-state index contributed by atoms with van der Waals surface area (Å²) in [6.45, 7) is 4.56. The topological polar surface area (TPSA) is 29.5 Å². The van der Waals surface area contributed by atoms with Gasteiger partial charge in [0.05, 0.1) is 11.4 Å². The lowest BCUT2D eigenvalue weighted by Crippen LogP contribution is -2.15. The van der Waals surface area contributed by atoms with Crippen LogP contribution in [-0.2, 0) is 0 Å². The first-order valence-corrected chi connectivity index (χ1v) is 19.3. The van der Waals surface area contributed by atoms with Gasteiger partial charge in [0, 0.05) is 44.1 Å². The zero-order valence-corrected chi connectivity index (χ0v) is 31.2. The van der Waals surface area contributed by atoms with Crippen molar-refractivity contribution < 1.29 is 8.83 Å². The van der Waals surface area contributed by atoms with E-state index in [0.717, 1.165) is 60.9 Å². The summed E-state index contributed by atoms with van der Waals surface area (Å²) in [6.07, 6.45) is 0. The molecule has 2 heterocycles. The molecule has 0 fully saturated rings. The normalized spacial score (nSPS) is 13.0. The molecule has 3 nitrogen and oxygen atoms in total. The van der Waals surface area contributed by atoms with Crippen LogP contribution in [0.4, 0.5) is 17.1 Å². The molecule has 0 spiro atoms. The van der Waals surface area contributed by atoms with E-state index in [2.05, 4.69) is 189 Å². The molecule has 0 amide bonds. The lowest BCUT2D eigenvalue weighted by atomic mass is 9.82. The number of fused-ring (bicyclic) bond motifs is 6. The minimum atomic E-state index is -0.0361. The van der Waals surface area contributed by atoms with Gasteiger partial charge in [-0.05, 0) is 82.7 Å². The first-order chi connectivity index (χ1) is 27.6. The molecule has 0 saturated heterocycles. The van der Waals surface area contributed by atoms with Crippen LogP contribution in [0.2, 0.25) is 0 Å². The van der Waals surface area contributed by atoms with Gasteiger partial charge in [-0.3, -0.25) is 0 Å². The molecule has 0 bridgehead atoms. The summed E-state index contributed by atoms with van der Waals surface area (Å²) in [5.74, 6) is -0.0361. The number of nitrogens with zero attached hydrogens (tertiary/aromatic N) is 1. The molecule has 1 unspecified atom stereocenters. The molecule has 0 N–H and O–H groups in total. The third-order valence-electron chi connectivity index (χ3n) is 11.7. The monoisotopic (exact) mass is 719 g/mol. The SMILES string of the molecule is C/C(=c1/ccc2ccc(N(c3ccccc3)c3cccc4c3oc3ccccc34)c3ccc(C)c1c23)C(c1ccccc1)c1cccc2c1oc1ccccc12. The number of anilines is 3. The van der Waals surface area contributed by atoms with E-state index < -0.39 is 0 Å². The molecule has 266 valence electrons. The van der Waals surface area contributed by atoms with Crippen LogP contribution in [0.5, 0.6) is 0 Å². The Bertz CT molecular complexity index is 3340. The zero-order chi connectivity index (χ0) is 37.3. The van der Waals surface area contributed by atoms with E-state index in [9.17, 15) is 0 Å². The number of hydrogen-bond acceptors (Lipinski definition) is 3. The largest absolute Gasteiger partial charge is 0.456 e. The quantitative estimate of drug-likeness (QED) is 0.171. The van der Waals surface area contributed by atoms with Crippen molar-refractivity contribution in [3.05, 3.63) is 204 Å². The summed E-state index contributed by atoms with van der Waals surface area (Å²) >= 11 is 0. The standard InChI is InChI=1S/C53H37NO2/c1-33-27-30-43-45(54(37-17-7-4-8-18-37)46-24-14-22-42-40-20-10-12-26-48(40)56-53(42)46)32-29-36-28-31-38(49(33)51(36)43)34(2)50(35-15-5-3-6-16-35)44-23-13-21-41-39-19-9-11-25-47(39)55-52(41)44/h3-32,50H,1-2H3/b38-34+. The third kappa shape index (κ3) is 4.91. The van der Waals surface area contributed by atoms with E-state index in [1.807, 2.05) is 12.1 Å². The number of benzene rings is 9. The Morgan fingerprint density at radius 3 is 1.82 bits per heavy atom. The smallest absolute Gasteiger partial charge is 0.159 e. The highest BCUT2D eigenvalue weighted by atomic mass is 16.3. The highest BCUT2D eigenvalue weighted by molar-refractivity contribution is 6.18. The molecular formula is C53H37NO2. The van der Waals surface area contributed by atoms with Gasteiger partial charge in [-0.2, -0.15) is 0 Å². The molecule has 2 aromatic heterocycles. The average molecular weight is 720 g/mol. The van der Waals surface area contributed by atoms with Gasteiger partial charge in [-0.1, -0.05) is 151 Å². The van der Waals surface area contributed by atoms with Gasteiger partial charge in [0.15, 0.2) is 5.58 Å². The fraction of sp³-hybridized carbons (Fsp3) is 0.0566. The van der Waals surface area contributed by atoms with Crippen LogP contribution in [0.1, 0.15) is 29.5 Å². The number of hydrogen-bond donors (Lipinski definition) is 0. The van der Waals surface area contributed by atoms with Crippen LogP contribution < -0.4 is 10.1 Å². The molecule has 0 aliphatic heterocycles. The zero-order valence-electron chi connectivity index (χ0n) is 31.2. The summed E-state index contributed by atoms with van der Waals surface area (Å²) < 4.78 is 13.3.